The van der Waals surface area contributed by atoms with Gasteiger partial charge in [-0.15, -0.1) is 0 Å². The van der Waals surface area contributed by atoms with E-state index in [4.69, 9.17) is 9.47 Å². The minimum atomic E-state index is -1.03. The number of unbranched alkanes of at least 4 members (excludes halogenated alkanes) is 1. The van der Waals surface area contributed by atoms with Gasteiger partial charge in [0.05, 0.1) is 12.6 Å². The largest absolute Gasteiger partial charge is 0.445 e. The van der Waals surface area contributed by atoms with Crippen LogP contribution in [-0.4, -0.2) is 54.0 Å². The van der Waals surface area contributed by atoms with Crippen molar-refractivity contribution >= 4 is 23.9 Å². The van der Waals surface area contributed by atoms with E-state index >= 15 is 0 Å². The highest BCUT2D eigenvalue weighted by Crippen LogP contribution is 2.33. The molecule has 1 saturated heterocycles. The Kier molecular flexibility index (Phi) is 11.6. The molecule has 2 N–H and O–H groups in total. The van der Waals surface area contributed by atoms with Gasteiger partial charge in [0.15, 0.2) is 0 Å². The third kappa shape index (κ3) is 8.74. The van der Waals surface area contributed by atoms with Crippen LogP contribution in [-0.2, 0) is 25.7 Å². The summed E-state index contributed by atoms with van der Waals surface area (Å²) < 4.78 is 11.5. The van der Waals surface area contributed by atoms with Gasteiger partial charge in [-0.25, -0.2) is 9.59 Å². The number of ketones is 1. The van der Waals surface area contributed by atoms with Gasteiger partial charge in [0, 0.05) is 12.0 Å². The molecule has 1 aliphatic rings. The van der Waals surface area contributed by atoms with Crippen LogP contribution in [0.2, 0.25) is 0 Å². The van der Waals surface area contributed by atoms with Crippen molar-refractivity contribution in [2.45, 2.75) is 78.7 Å². The first-order chi connectivity index (χ1) is 22.0. The van der Waals surface area contributed by atoms with E-state index in [-0.39, 0.29) is 19.2 Å². The molecule has 0 saturated carbocycles. The van der Waals surface area contributed by atoms with E-state index in [9.17, 15) is 19.2 Å². The lowest BCUT2D eigenvalue weighted by Crippen LogP contribution is -2.49. The minimum Gasteiger partial charge on any atom is -0.445 e. The lowest BCUT2D eigenvalue weighted by molar-refractivity contribution is -0.139. The van der Waals surface area contributed by atoms with Gasteiger partial charge in [0.2, 0.25) is 5.78 Å². The molecule has 9 nitrogen and oxygen atoms in total. The SMILES string of the molecule is CCCC[C@H](NC(=O)O[C@@H]1CN(C(=O)OCc2cccc(-c3ccccc3)c2C)CC1(C)C)C(=O)C(=O)N[C@H](C)c1ccccc1. The summed E-state index contributed by atoms with van der Waals surface area (Å²) in [7, 11) is 0. The maximum absolute atomic E-state index is 13.1. The van der Waals surface area contributed by atoms with Gasteiger partial charge >= 0.3 is 12.2 Å². The highest BCUT2D eigenvalue weighted by Gasteiger charge is 2.45. The number of nitrogens with zero attached hydrogens (tertiary/aromatic N) is 1. The highest BCUT2D eigenvalue weighted by atomic mass is 16.6. The van der Waals surface area contributed by atoms with Crippen LogP contribution in [0.4, 0.5) is 9.59 Å². The Bertz CT molecular complexity index is 1510. The average molecular weight is 628 g/mol. The molecule has 244 valence electrons. The van der Waals surface area contributed by atoms with E-state index in [0.29, 0.717) is 19.4 Å². The summed E-state index contributed by atoms with van der Waals surface area (Å²) in [6.45, 7) is 10.2. The Morgan fingerprint density at radius 2 is 1.61 bits per heavy atom. The zero-order valence-corrected chi connectivity index (χ0v) is 27.4. The Morgan fingerprint density at radius 3 is 2.28 bits per heavy atom. The van der Waals surface area contributed by atoms with Crippen LogP contribution in [0.1, 0.15) is 69.7 Å². The maximum Gasteiger partial charge on any atom is 0.410 e. The number of ether oxygens (including phenoxy) is 2. The van der Waals surface area contributed by atoms with Crippen LogP contribution < -0.4 is 10.6 Å². The smallest absolute Gasteiger partial charge is 0.410 e. The summed E-state index contributed by atoms with van der Waals surface area (Å²) in [5, 5.41) is 5.35. The van der Waals surface area contributed by atoms with Crippen LogP contribution in [0.5, 0.6) is 0 Å². The molecule has 9 heteroatoms. The number of carbonyl (C=O) groups excluding carboxylic acids is 4. The van der Waals surface area contributed by atoms with E-state index in [1.807, 2.05) is 107 Å². The number of rotatable bonds is 12. The summed E-state index contributed by atoms with van der Waals surface area (Å²) in [5.41, 5.74) is 4.42. The molecule has 3 aromatic rings. The predicted octanol–water partition coefficient (Wildman–Crippen LogP) is 6.74. The topological polar surface area (TPSA) is 114 Å². The van der Waals surface area contributed by atoms with Gasteiger partial charge in [-0.05, 0) is 48.1 Å². The van der Waals surface area contributed by atoms with E-state index < -0.39 is 41.4 Å². The third-order valence-electron chi connectivity index (χ3n) is 8.57. The van der Waals surface area contributed by atoms with E-state index in [1.54, 1.807) is 6.92 Å². The van der Waals surface area contributed by atoms with Crippen molar-refractivity contribution < 1.29 is 28.7 Å². The maximum atomic E-state index is 13.1. The lowest BCUT2D eigenvalue weighted by Gasteiger charge is -2.26. The van der Waals surface area contributed by atoms with Gasteiger partial charge in [-0.3, -0.25) is 9.59 Å². The molecule has 0 bridgehead atoms. The van der Waals surface area contributed by atoms with Gasteiger partial charge in [0.25, 0.3) is 5.91 Å². The van der Waals surface area contributed by atoms with E-state index in [1.165, 1.54) is 4.90 Å². The Hall–Kier alpha value is -4.66. The zero-order valence-electron chi connectivity index (χ0n) is 27.4. The molecule has 0 radical (unpaired) electrons. The van der Waals surface area contributed by atoms with Crippen molar-refractivity contribution in [1.82, 2.24) is 15.5 Å². The van der Waals surface area contributed by atoms with Gasteiger partial charge in [-0.2, -0.15) is 0 Å². The van der Waals surface area contributed by atoms with Crippen LogP contribution in [0.25, 0.3) is 11.1 Å². The molecule has 46 heavy (non-hydrogen) atoms. The predicted molar refractivity (Wildman–Crippen MR) is 177 cm³/mol. The molecule has 3 amide bonds. The second kappa shape index (κ2) is 15.6. The summed E-state index contributed by atoms with van der Waals surface area (Å²) in [6, 6.07) is 23.9. The zero-order chi connectivity index (χ0) is 33.3. The average Bonchev–Trinajstić information content (AvgIpc) is 3.35. The Balaban J connectivity index is 1.33. The summed E-state index contributed by atoms with van der Waals surface area (Å²) >= 11 is 0. The molecule has 4 rings (SSSR count). The fourth-order valence-corrected chi connectivity index (χ4v) is 5.68. The first-order valence-electron chi connectivity index (χ1n) is 15.9. The van der Waals surface area contributed by atoms with Crippen molar-refractivity contribution in [3.8, 4) is 11.1 Å². The Labute approximate surface area is 271 Å². The molecular weight excluding hydrogens is 582 g/mol. The van der Waals surface area contributed by atoms with Gasteiger partial charge < -0.3 is 25.0 Å². The van der Waals surface area contributed by atoms with Crippen LogP contribution in [0.3, 0.4) is 0 Å². The lowest BCUT2D eigenvalue weighted by atomic mass is 9.90. The molecule has 3 aromatic carbocycles. The Morgan fingerprint density at radius 1 is 0.935 bits per heavy atom. The summed E-state index contributed by atoms with van der Waals surface area (Å²) in [6.07, 6.45) is -0.220. The summed E-state index contributed by atoms with van der Waals surface area (Å²) in [5.74, 6) is -1.49. The molecule has 0 unspecified atom stereocenters. The number of benzene rings is 3. The van der Waals surface area contributed by atoms with Gasteiger partial charge in [0.1, 0.15) is 18.8 Å². The number of Topliss-reactive ketones (excluding diaryl/α,β-unsaturated/α-hetero) is 1. The normalized spacial score (nSPS) is 16.6. The molecule has 0 aliphatic carbocycles. The van der Waals surface area contributed by atoms with Crippen LogP contribution in [0, 0.1) is 12.3 Å². The quantitative estimate of drug-likeness (QED) is 0.215. The minimum absolute atomic E-state index is 0.112. The molecule has 1 aliphatic heterocycles. The van der Waals surface area contributed by atoms with Crippen molar-refractivity contribution in [3.63, 3.8) is 0 Å². The van der Waals surface area contributed by atoms with Crippen molar-refractivity contribution in [2.75, 3.05) is 13.1 Å². The van der Waals surface area contributed by atoms with Crippen LogP contribution >= 0.6 is 0 Å². The third-order valence-corrected chi connectivity index (χ3v) is 8.57. The fourth-order valence-electron chi connectivity index (χ4n) is 5.68. The number of hydrogen-bond donors (Lipinski definition) is 2. The second-order valence-corrected chi connectivity index (χ2v) is 12.6. The standard InChI is InChI=1S/C37H45N3O6/c1-6-7-21-31(33(41)34(42)38-26(3)27-15-10-8-11-16-27)39-35(43)46-32-22-40(24-37(32,4)5)36(44)45-23-29-19-14-20-30(25(29)2)28-17-12-9-13-18-28/h8-20,26,31-32H,6-7,21-24H2,1-5H3,(H,38,42)(H,39,43)/t26-,31+,32-/m1/s1. The monoisotopic (exact) mass is 627 g/mol. The number of amides is 3. The second-order valence-electron chi connectivity index (χ2n) is 12.6. The summed E-state index contributed by atoms with van der Waals surface area (Å²) in [4.78, 5) is 53.7. The molecule has 1 fully saturated rings. The fraction of sp³-hybridized carbons (Fsp3) is 0.405. The molecule has 3 atom stereocenters. The molecule has 0 aromatic heterocycles. The number of hydrogen-bond acceptors (Lipinski definition) is 6. The number of likely N-dealkylation sites (tertiary alicyclic amines) is 1. The molecule has 0 spiro atoms. The number of nitrogens with one attached hydrogen (secondary N) is 2. The van der Waals surface area contributed by atoms with Crippen molar-refractivity contribution in [3.05, 3.63) is 95.6 Å². The molecular formula is C37H45N3O6. The molecule has 1 heterocycles. The number of alkyl carbamates (subject to hydrolysis) is 1. The first kappa shape index (κ1) is 34.2. The highest BCUT2D eigenvalue weighted by molar-refractivity contribution is 6.38. The van der Waals surface area contributed by atoms with E-state index in [0.717, 1.165) is 34.2 Å². The van der Waals surface area contributed by atoms with Gasteiger partial charge in [-0.1, -0.05) is 112 Å². The number of carbonyl (C=O) groups is 4. The first-order valence-corrected chi connectivity index (χ1v) is 15.9. The van der Waals surface area contributed by atoms with Crippen molar-refractivity contribution in [2.24, 2.45) is 5.41 Å². The van der Waals surface area contributed by atoms with Crippen molar-refractivity contribution in [1.29, 1.82) is 0 Å². The van der Waals surface area contributed by atoms with Crippen LogP contribution in [0.15, 0.2) is 78.9 Å². The van der Waals surface area contributed by atoms with E-state index in [2.05, 4.69) is 10.6 Å².